The number of hydrogen-bond acceptors (Lipinski definition) is 4. The number of carbonyl (C=O) groups is 2. The fourth-order valence-electron chi connectivity index (χ4n) is 3.98. The van der Waals surface area contributed by atoms with E-state index in [2.05, 4.69) is 5.32 Å². The van der Waals surface area contributed by atoms with Crippen LogP contribution in [-0.2, 0) is 22.4 Å². The molecule has 0 fully saturated rings. The van der Waals surface area contributed by atoms with E-state index in [1.165, 1.54) is 12.1 Å². The first-order valence-corrected chi connectivity index (χ1v) is 12.8. The Kier molecular flexibility index (Phi) is 11.1. The van der Waals surface area contributed by atoms with Crippen LogP contribution in [0.4, 0.5) is 14.9 Å². The van der Waals surface area contributed by atoms with Crippen LogP contribution < -0.4 is 10.1 Å². The van der Waals surface area contributed by atoms with Gasteiger partial charge in [0.15, 0.2) is 6.10 Å². The highest BCUT2D eigenvalue weighted by atomic mass is 19.1. The molecule has 7 nitrogen and oxygen atoms in total. The monoisotopic (exact) mass is 522 g/mol. The lowest BCUT2D eigenvalue weighted by molar-refractivity contribution is -0.149. The molecule has 38 heavy (non-hydrogen) atoms. The van der Waals surface area contributed by atoms with Crippen LogP contribution in [0, 0.1) is 12.7 Å². The van der Waals surface area contributed by atoms with Crippen LogP contribution in [-0.4, -0.2) is 54.4 Å². The summed E-state index contributed by atoms with van der Waals surface area (Å²) in [7, 11) is 0. The number of aryl methyl sites for hydroxylation is 2. The molecule has 1 unspecified atom stereocenters. The minimum atomic E-state index is -0.990. The molecule has 202 valence electrons. The van der Waals surface area contributed by atoms with Crippen LogP contribution >= 0.6 is 0 Å². The largest absolute Gasteiger partial charge is 0.492 e. The summed E-state index contributed by atoms with van der Waals surface area (Å²) in [4.78, 5) is 26.1. The molecule has 0 aliphatic rings. The minimum absolute atomic E-state index is 0.215. The Morgan fingerprint density at radius 3 is 2.32 bits per heavy atom. The van der Waals surface area contributed by atoms with E-state index in [0.717, 1.165) is 28.8 Å². The molecule has 0 spiro atoms. The van der Waals surface area contributed by atoms with Gasteiger partial charge in [-0.3, -0.25) is 0 Å². The predicted molar refractivity (Wildman–Crippen MR) is 145 cm³/mol. The summed E-state index contributed by atoms with van der Waals surface area (Å²) in [6.07, 6.45) is 0.814. The van der Waals surface area contributed by atoms with Crippen LogP contribution in [0.25, 0.3) is 0 Å². The second kappa shape index (κ2) is 14.7. The highest BCUT2D eigenvalue weighted by molar-refractivity contribution is 5.90. The van der Waals surface area contributed by atoms with E-state index in [1.54, 1.807) is 36.1 Å². The van der Waals surface area contributed by atoms with Gasteiger partial charge < -0.3 is 24.8 Å². The third-order valence-electron chi connectivity index (χ3n) is 6.10. The van der Waals surface area contributed by atoms with Crippen LogP contribution in [0.5, 0.6) is 5.75 Å². The molecule has 0 saturated heterocycles. The van der Waals surface area contributed by atoms with E-state index in [0.29, 0.717) is 31.9 Å². The molecule has 1 atom stereocenters. The smallest absolute Gasteiger partial charge is 0.333 e. The average molecular weight is 523 g/mol. The van der Waals surface area contributed by atoms with Gasteiger partial charge in [0.2, 0.25) is 0 Å². The highest BCUT2D eigenvalue weighted by Crippen LogP contribution is 2.16. The van der Waals surface area contributed by atoms with Gasteiger partial charge in [0.25, 0.3) is 0 Å². The number of hydrogen-bond donors (Lipinski definition) is 2. The number of rotatable bonds is 14. The van der Waals surface area contributed by atoms with E-state index < -0.39 is 12.1 Å². The Bertz CT molecular complexity index is 1170. The van der Waals surface area contributed by atoms with Crippen molar-refractivity contribution in [3.63, 3.8) is 0 Å². The van der Waals surface area contributed by atoms with E-state index in [9.17, 15) is 19.1 Å². The summed E-state index contributed by atoms with van der Waals surface area (Å²) < 4.78 is 24.4. The second-order valence-electron chi connectivity index (χ2n) is 8.94. The van der Waals surface area contributed by atoms with Crippen LogP contribution in [0.2, 0.25) is 0 Å². The summed E-state index contributed by atoms with van der Waals surface area (Å²) >= 11 is 0. The average Bonchev–Trinajstić information content (AvgIpc) is 2.90. The maximum absolute atomic E-state index is 13.2. The number of nitrogens with one attached hydrogen (secondary N) is 1. The number of carboxylic acids is 1. The lowest BCUT2D eigenvalue weighted by atomic mass is 10.1. The molecular weight excluding hydrogens is 487 g/mol. The number of para-hydroxylation sites is 1. The molecule has 0 aliphatic heterocycles. The standard InChI is InChI=1S/C30H35FN2O5/c1-3-37-28(29(34)35)21-24-12-16-26(17-13-24)38-20-19-33(18-6-8-23-10-14-25(31)15-11-23)30(36)32-27-9-5-4-7-22(27)2/h4-5,7,9-17,28H,3,6,8,18-21H2,1-2H3,(H,32,36)(H,34,35). The zero-order chi connectivity index (χ0) is 27.3. The fourth-order valence-corrected chi connectivity index (χ4v) is 3.98. The summed E-state index contributed by atoms with van der Waals surface area (Å²) in [6.45, 7) is 5.19. The number of amides is 2. The maximum Gasteiger partial charge on any atom is 0.333 e. The first-order valence-electron chi connectivity index (χ1n) is 12.8. The van der Waals surface area contributed by atoms with Gasteiger partial charge >= 0.3 is 12.0 Å². The van der Waals surface area contributed by atoms with Crippen molar-refractivity contribution in [3.8, 4) is 5.75 Å². The van der Waals surface area contributed by atoms with Crippen LogP contribution in [0.3, 0.4) is 0 Å². The van der Waals surface area contributed by atoms with Crippen molar-refractivity contribution < 1.29 is 28.6 Å². The third-order valence-corrected chi connectivity index (χ3v) is 6.10. The Morgan fingerprint density at radius 1 is 0.974 bits per heavy atom. The van der Waals surface area contributed by atoms with Gasteiger partial charge in [-0.2, -0.15) is 0 Å². The van der Waals surface area contributed by atoms with Crippen LogP contribution in [0.1, 0.15) is 30.0 Å². The first kappa shape index (κ1) is 28.7. The SMILES string of the molecule is CCOC(Cc1ccc(OCCN(CCCc2ccc(F)cc2)C(=O)Nc2ccccc2C)cc1)C(=O)O. The molecule has 3 rings (SSSR count). The molecule has 0 heterocycles. The molecule has 0 bridgehead atoms. The Hall–Kier alpha value is -3.91. The first-order chi connectivity index (χ1) is 18.4. The fraction of sp³-hybridized carbons (Fsp3) is 0.333. The number of aliphatic carboxylic acids is 1. The molecule has 3 aromatic rings. The molecule has 0 aromatic heterocycles. The van der Waals surface area contributed by atoms with Crippen molar-refractivity contribution in [1.29, 1.82) is 0 Å². The predicted octanol–water partition coefficient (Wildman–Crippen LogP) is 5.71. The molecule has 0 aliphatic carbocycles. The number of nitrogens with zero attached hydrogens (tertiary/aromatic N) is 1. The van der Waals surface area contributed by atoms with Crippen molar-refractivity contribution in [2.24, 2.45) is 0 Å². The molecule has 0 radical (unpaired) electrons. The van der Waals surface area contributed by atoms with E-state index in [1.807, 2.05) is 43.3 Å². The van der Waals surface area contributed by atoms with Gasteiger partial charge in [-0.05, 0) is 73.7 Å². The van der Waals surface area contributed by atoms with E-state index in [-0.39, 0.29) is 24.9 Å². The second-order valence-corrected chi connectivity index (χ2v) is 8.94. The topological polar surface area (TPSA) is 88.1 Å². The summed E-state index contributed by atoms with van der Waals surface area (Å²) in [5.41, 5.74) is 3.57. The Morgan fingerprint density at radius 2 is 1.66 bits per heavy atom. The van der Waals surface area contributed by atoms with Crippen LogP contribution in [0.15, 0.2) is 72.8 Å². The number of halogens is 1. The van der Waals surface area contributed by atoms with Crippen molar-refractivity contribution in [3.05, 3.63) is 95.3 Å². The lowest BCUT2D eigenvalue weighted by Crippen LogP contribution is -2.39. The van der Waals surface area contributed by atoms with E-state index >= 15 is 0 Å². The molecular formula is C30H35FN2O5. The zero-order valence-electron chi connectivity index (χ0n) is 21.9. The number of urea groups is 1. The van der Waals surface area contributed by atoms with Crippen molar-refractivity contribution in [2.75, 3.05) is 31.6 Å². The summed E-state index contributed by atoms with van der Waals surface area (Å²) in [6, 6.07) is 21.0. The Balaban J connectivity index is 1.57. The summed E-state index contributed by atoms with van der Waals surface area (Å²) in [5.74, 6) is -0.632. The van der Waals surface area contributed by atoms with Crippen molar-refractivity contribution >= 4 is 17.7 Å². The number of carboxylic acid groups (broad SMARTS) is 1. The van der Waals surface area contributed by atoms with Gasteiger partial charge in [0, 0.05) is 25.3 Å². The quantitative estimate of drug-likeness (QED) is 0.283. The van der Waals surface area contributed by atoms with Gasteiger partial charge in [-0.25, -0.2) is 14.0 Å². The molecule has 2 N–H and O–H groups in total. The molecule has 2 amide bonds. The number of anilines is 1. The lowest BCUT2D eigenvalue weighted by Gasteiger charge is -2.24. The molecule has 8 heteroatoms. The van der Waals surface area contributed by atoms with Gasteiger partial charge in [-0.15, -0.1) is 0 Å². The highest BCUT2D eigenvalue weighted by Gasteiger charge is 2.18. The van der Waals surface area contributed by atoms with Crippen molar-refractivity contribution in [1.82, 2.24) is 4.90 Å². The van der Waals surface area contributed by atoms with E-state index in [4.69, 9.17) is 9.47 Å². The molecule has 3 aromatic carbocycles. The molecule has 0 saturated carbocycles. The number of ether oxygens (including phenoxy) is 2. The maximum atomic E-state index is 13.2. The number of benzene rings is 3. The minimum Gasteiger partial charge on any atom is -0.492 e. The third kappa shape index (κ3) is 9.19. The van der Waals surface area contributed by atoms with Gasteiger partial charge in [0.05, 0.1) is 6.54 Å². The van der Waals surface area contributed by atoms with Crippen molar-refractivity contribution in [2.45, 2.75) is 39.2 Å². The zero-order valence-corrected chi connectivity index (χ0v) is 21.9. The normalized spacial score (nSPS) is 11.6. The number of carbonyl (C=O) groups excluding carboxylic acids is 1. The van der Waals surface area contributed by atoms with Gasteiger partial charge in [0.1, 0.15) is 18.2 Å². The van der Waals surface area contributed by atoms with Gasteiger partial charge in [-0.1, -0.05) is 42.5 Å². The Labute approximate surface area is 223 Å². The summed E-state index contributed by atoms with van der Waals surface area (Å²) in [5, 5.41) is 12.3.